The molecule has 0 unspecified atom stereocenters. The Morgan fingerprint density at radius 1 is 1.19 bits per heavy atom. The van der Waals surface area contributed by atoms with Gasteiger partial charge in [0.05, 0.1) is 31.7 Å². The summed E-state index contributed by atoms with van der Waals surface area (Å²) < 4.78 is 16.2. The van der Waals surface area contributed by atoms with Gasteiger partial charge in [-0.1, -0.05) is 6.07 Å². The maximum Gasteiger partial charge on any atom is 0.201 e. The highest BCUT2D eigenvalue weighted by Crippen LogP contribution is 2.28. The van der Waals surface area contributed by atoms with E-state index in [-0.39, 0.29) is 13.2 Å². The summed E-state index contributed by atoms with van der Waals surface area (Å²) in [5.74, 6) is 0.652. The minimum absolute atomic E-state index is 0.225. The highest BCUT2D eigenvalue weighted by molar-refractivity contribution is 5.56. The molecule has 0 aliphatic carbocycles. The number of methoxy groups -OCH3 is 1. The van der Waals surface area contributed by atoms with Crippen LogP contribution in [0.3, 0.4) is 0 Å². The van der Waals surface area contributed by atoms with E-state index >= 15 is 0 Å². The van der Waals surface area contributed by atoms with E-state index in [2.05, 4.69) is 9.97 Å². The fraction of sp³-hybridized carbons (Fsp3) is 0.333. The second-order valence-corrected chi connectivity index (χ2v) is 4.68. The zero-order valence-corrected chi connectivity index (χ0v) is 11.6. The standard InChI is InChI=1S/C15H16N2O4/c1-19-11-6-13(12-4-2-3-5-16-12)17-14(7-11)15-20-8-10(18)9-21-15/h2-7,10,15,18H,8-9H2,1H3. The Morgan fingerprint density at radius 2 is 2.00 bits per heavy atom. The molecule has 3 heterocycles. The number of nitrogens with zero attached hydrogens (tertiary/aromatic N) is 2. The second kappa shape index (κ2) is 6.17. The summed E-state index contributed by atoms with van der Waals surface area (Å²) in [6.45, 7) is 0.449. The van der Waals surface area contributed by atoms with Gasteiger partial charge in [0.15, 0.2) is 0 Å². The van der Waals surface area contributed by atoms with Gasteiger partial charge in [-0.25, -0.2) is 4.98 Å². The van der Waals surface area contributed by atoms with Gasteiger partial charge in [-0.15, -0.1) is 0 Å². The van der Waals surface area contributed by atoms with Crippen molar-refractivity contribution in [3.05, 3.63) is 42.2 Å². The zero-order valence-electron chi connectivity index (χ0n) is 11.6. The molecule has 1 fully saturated rings. The van der Waals surface area contributed by atoms with Crippen molar-refractivity contribution in [3.8, 4) is 17.1 Å². The minimum atomic E-state index is -0.606. The lowest BCUT2D eigenvalue weighted by Gasteiger charge is -2.26. The summed E-state index contributed by atoms with van der Waals surface area (Å²) in [6.07, 6.45) is 0.508. The lowest BCUT2D eigenvalue weighted by molar-refractivity contribution is -0.222. The fourth-order valence-corrected chi connectivity index (χ4v) is 2.07. The van der Waals surface area contributed by atoms with Gasteiger partial charge in [-0.05, 0) is 12.1 Å². The summed E-state index contributed by atoms with van der Waals surface area (Å²) in [5, 5.41) is 9.40. The molecule has 0 spiro atoms. The molecule has 1 saturated heterocycles. The summed E-state index contributed by atoms with van der Waals surface area (Å²) >= 11 is 0. The van der Waals surface area contributed by atoms with Crippen molar-refractivity contribution in [2.24, 2.45) is 0 Å². The van der Waals surface area contributed by atoms with E-state index in [4.69, 9.17) is 14.2 Å². The van der Waals surface area contributed by atoms with Crippen LogP contribution in [-0.4, -0.2) is 41.5 Å². The lowest BCUT2D eigenvalue weighted by Crippen LogP contribution is -2.31. The van der Waals surface area contributed by atoms with Crippen LogP contribution in [0.4, 0.5) is 0 Å². The van der Waals surface area contributed by atoms with Crippen LogP contribution < -0.4 is 4.74 Å². The number of aromatic nitrogens is 2. The molecule has 0 saturated carbocycles. The molecule has 2 aromatic heterocycles. The molecule has 0 bridgehead atoms. The first-order valence-corrected chi connectivity index (χ1v) is 6.65. The second-order valence-electron chi connectivity index (χ2n) is 4.68. The highest BCUT2D eigenvalue weighted by Gasteiger charge is 2.24. The third-order valence-electron chi connectivity index (χ3n) is 3.10. The lowest BCUT2D eigenvalue weighted by atomic mass is 10.2. The van der Waals surface area contributed by atoms with Crippen molar-refractivity contribution in [1.29, 1.82) is 0 Å². The van der Waals surface area contributed by atoms with Crippen LogP contribution in [0, 0.1) is 0 Å². The molecule has 0 amide bonds. The molecule has 3 rings (SSSR count). The maximum absolute atomic E-state index is 9.40. The first kappa shape index (κ1) is 13.9. The van der Waals surface area contributed by atoms with Crippen molar-refractivity contribution in [2.45, 2.75) is 12.4 Å². The molecule has 6 heteroatoms. The third-order valence-corrected chi connectivity index (χ3v) is 3.10. The molecular formula is C15H16N2O4. The molecule has 110 valence electrons. The van der Waals surface area contributed by atoms with Crippen molar-refractivity contribution in [3.63, 3.8) is 0 Å². The van der Waals surface area contributed by atoms with E-state index in [0.717, 1.165) is 5.69 Å². The van der Waals surface area contributed by atoms with Crippen LogP contribution in [0.15, 0.2) is 36.5 Å². The number of hydrogen-bond acceptors (Lipinski definition) is 6. The average Bonchev–Trinajstić information content (AvgIpc) is 2.56. The van der Waals surface area contributed by atoms with E-state index < -0.39 is 12.4 Å². The van der Waals surface area contributed by atoms with Gasteiger partial charge >= 0.3 is 0 Å². The molecule has 6 nitrogen and oxygen atoms in total. The normalized spacial score (nSPS) is 22.0. The van der Waals surface area contributed by atoms with Gasteiger partial charge in [-0.3, -0.25) is 4.98 Å². The molecular weight excluding hydrogens is 272 g/mol. The molecule has 0 atom stereocenters. The van der Waals surface area contributed by atoms with E-state index in [0.29, 0.717) is 17.1 Å². The average molecular weight is 288 g/mol. The molecule has 1 aliphatic rings. The Kier molecular flexibility index (Phi) is 4.10. The van der Waals surface area contributed by atoms with Crippen molar-refractivity contribution in [1.82, 2.24) is 9.97 Å². The van der Waals surface area contributed by atoms with Gasteiger partial charge < -0.3 is 19.3 Å². The van der Waals surface area contributed by atoms with Crippen LogP contribution in [0.25, 0.3) is 11.4 Å². The van der Waals surface area contributed by atoms with E-state index in [1.165, 1.54) is 0 Å². The number of aliphatic hydroxyl groups is 1. The van der Waals surface area contributed by atoms with Gasteiger partial charge in [-0.2, -0.15) is 0 Å². The Morgan fingerprint density at radius 3 is 2.67 bits per heavy atom. The number of ether oxygens (including phenoxy) is 3. The summed E-state index contributed by atoms with van der Waals surface area (Å²) in [7, 11) is 1.59. The molecule has 1 N–H and O–H groups in total. The van der Waals surface area contributed by atoms with E-state index in [9.17, 15) is 5.11 Å². The van der Waals surface area contributed by atoms with Crippen LogP contribution in [0.2, 0.25) is 0 Å². The van der Waals surface area contributed by atoms with Gasteiger partial charge in [0.1, 0.15) is 17.5 Å². The van der Waals surface area contributed by atoms with Crippen molar-refractivity contribution >= 4 is 0 Å². The number of rotatable bonds is 3. The van der Waals surface area contributed by atoms with E-state index in [1.807, 2.05) is 24.3 Å². The van der Waals surface area contributed by atoms with E-state index in [1.54, 1.807) is 19.4 Å². The Hall–Kier alpha value is -2.02. The molecule has 2 aromatic rings. The molecule has 0 aromatic carbocycles. The zero-order chi connectivity index (χ0) is 14.7. The largest absolute Gasteiger partial charge is 0.497 e. The number of pyridine rings is 2. The highest BCUT2D eigenvalue weighted by atomic mass is 16.7. The van der Waals surface area contributed by atoms with Crippen LogP contribution in [-0.2, 0) is 9.47 Å². The predicted octanol–water partition coefficient (Wildman–Crippen LogP) is 1.56. The van der Waals surface area contributed by atoms with Gasteiger partial charge in [0.2, 0.25) is 6.29 Å². The molecule has 0 radical (unpaired) electrons. The maximum atomic E-state index is 9.40. The van der Waals surface area contributed by atoms with Crippen LogP contribution in [0.5, 0.6) is 5.75 Å². The first-order valence-electron chi connectivity index (χ1n) is 6.65. The smallest absolute Gasteiger partial charge is 0.201 e. The Labute approximate surface area is 122 Å². The predicted molar refractivity (Wildman–Crippen MR) is 74.7 cm³/mol. The fourth-order valence-electron chi connectivity index (χ4n) is 2.07. The summed E-state index contributed by atoms with van der Waals surface area (Å²) in [6, 6.07) is 9.18. The number of hydrogen-bond donors (Lipinski definition) is 1. The van der Waals surface area contributed by atoms with Crippen molar-refractivity contribution in [2.75, 3.05) is 20.3 Å². The third kappa shape index (κ3) is 3.18. The Bertz CT molecular complexity index is 598. The Balaban J connectivity index is 1.94. The first-order chi connectivity index (χ1) is 10.3. The van der Waals surface area contributed by atoms with Gasteiger partial charge in [0, 0.05) is 18.3 Å². The number of aliphatic hydroxyl groups excluding tert-OH is 1. The quantitative estimate of drug-likeness (QED) is 0.924. The molecule has 1 aliphatic heterocycles. The van der Waals surface area contributed by atoms with Crippen LogP contribution in [0.1, 0.15) is 12.0 Å². The van der Waals surface area contributed by atoms with Gasteiger partial charge in [0.25, 0.3) is 0 Å². The monoisotopic (exact) mass is 288 g/mol. The SMILES string of the molecule is COc1cc(-c2ccccn2)nc(C2OCC(O)CO2)c1. The van der Waals surface area contributed by atoms with Crippen molar-refractivity contribution < 1.29 is 19.3 Å². The van der Waals surface area contributed by atoms with Crippen LogP contribution >= 0.6 is 0 Å². The minimum Gasteiger partial charge on any atom is -0.497 e. The topological polar surface area (TPSA) is 73.7 Å². The summed E-state index contributed by atoms with van der Waals surface area (Å²) in [5.41, 5.74) is 2.03. The summed E-state index contributed by atoms with van der Waals surface area (Å²) in [4.78, 5) is 8.81. The molecule has 21 heavy (non-hydrogen) atoms.